The molecule has 0 aliphatic carbocycles. The highest BCUT2D eigenvalue weighted by molar-refractivity contribution is 7.21. The maximum Gasteiger partial charge on any atom is 0.185 e. The molecule has 2 N–H and O–H groups in total. The van der Waals surface area contributed by atoms with Crippen molar-refractivity contribution in [2.24, 2.45) is 0 Å². The molecule has 2 aromatic heterocycles. The first-order chi connectivity index (χ1) is 15.2. The predicted octanol–water partition coefficient (Wildman–Crippen LogP) is 5.60. The largest absolute Gasteiger partial charge is 0.361 e. The minimum atomic E-state index is 0.619. The van der Waals surface area contributed by atoms with E-state index in [0.29, 0.717) is 5.56 Å². The van der Waals surface area contributed by atoms with Crippen molar-refractivity contribution in [3.8, 4) is 6.07 Å². The van der Waals surface area contributed by atoms with Crippen molar-refractivity contribution in [2.45, 2.75) is 20.3 Å². The number of anilines is 3. The summed E-state index contributed by atoms with van der Waals surface area (Å²) < 4.78 is 0. The Hall–Kier alpha value is -3.21. The highest BCUT2D eigenvalue weighted by Crippen LogP contribution is 2.36. The number of rotatable bonds is 9. The fourth-order valence-corrected chi connectivity index (χ4v) is 4.50. The topological polar surface area (TPSA) is 76.9 Å². The number of hydrogen-bond donors (Lipinski definition) is 2. The van der Waals surface area contributed by atoms with E-state index in [1.165, 1.54) is 0 Å². The fourth-order valence-electron chi connectivity index (χ4n) is 3.62. The number of aromatic nitrogens is 2. The monoisotopic (exact) mass is 430 g/mol. The number of thiazole rings is 1. The zero-order valence-electron chi connectivity index (χ0n) is 17.9. The van der Waals surface area contributed by atoms with Gasteiger partial charge in [-0.2, -0.15) is 5.26 Å². The van der Waals surface area contributed by atoms with E-state index in [0.717, 1.165) is 70.4 Å². The van der Waals surface area contributed by atoms with Crippen LogP contribution in [0.25, 0.3) is 21.3 Å². The molecule has 0 unspecified atom stereocenters. The van der Waals surface area contributed by atoms with Crippen molar-refractivity contribution in [1.29, 1.82) is 5.26 Å². The van der Waals surface area contributed by atoms with E-state index in [1.807, 2.05) is 36.4 Å². The van der Waals surface area contributed by atoms with Crippen LogP contribution >= 0.6 is 11.3 Å². The van der Waals surface area contributed by atoms with Gasteiger partial charge in [0.2, 0.25) is 0 Å². The lowest BCUT2D eigenvalue weighted by Crippen LogP contribution is -2.25. The molecule has 0 aliphatic rings. The molecule has 0 bridgehead atoms. The summed E-state index contributed by atoms with van der Waals surface area (Å²) in [5, 5.41) is 18.1. The van der Waals surface area contributed by atoms with Gasteiger partial charge >= 0.3 is 0 Å². The number of nitrogens with one attached hydrogen (secondary N) is 2. The minimum Gasteiger partial charge on any atom is -0.361 e. The number of nitrogens with zero attached hydrogens (tertiary/aromatic N) is 4. The third-order valence-electron chi connectivity index (χ3n) is 5.32. The van der Waals surface area contributed by atoms with Gasteiger partial charge in [0.25, 0.3) is 0 Å². The highest BCUT2D eigenvalue weighted by atomic mass is 32.1. The lowest BCUT2D eigenvalue weighted by Gasteiger charge is -2.17. The number of para-hydroxylation sites is 1. The van der Waals surface area contributed by atoms with Crippen LogP contribution in [0.4, 0.5) is 16.5 Å². The maximum atomic E-state index is 9.23. The first kappa shape index (κ1) is 21.0. The van der Waals surface area contributed by atoms with Gasteiger partial charge in [0.1, 0.15) is 10.3 Å². The van der Waals surface area contributed by atoms with Crippen LogP contribution in [0.5, 0.6) is 0 Å². The Morgan fingerprint density at radius 3 is 2.71 bits per heavy atom. The van der Waals surface area contributed by atoms with E-state index in [2.05, 4.69) is 41.5 Å². The molecular formula is C24H26N6S. The summed E-state index contributed by atoms with van der Waals surface area (Å²) in [4.78, 5) is 13.0. The van der Waals surface area contributed by atoms with Gasteiger partial charge in [0, 0.05) is 17.6 Å². The van der Waals surface area contributed by atoms with Gasteiger partial charge in [0.05, 0.1) is 22.8 Å². The Labute approximate surface area is 186 Å². The molecule has 0 atom stereocenters. The van der Waals surface area contributed by atoms with E-state index >= 15 is 0 Å². The quantitative estimate of drug-likeness (QED) is 0.336. The lowest BCUT2D eigenvalue weighted by atomic mass is 10.1. The van der Waals surface area contributed by atoms with Gasteiger partial charge in [-0.1, -0.05) is 49.4 Å². The first-order valence-corrected chi connectivity index (χ1v) is 11.5. The van der Waals surface area contributed by atoms with Crippen LogP contribution in [0.3, 0.4) is 0 Å². The number of fused-ring (bicyclic) bond motifs is 2. The smallest absolute Gasteiger partial charge is 0.185 e. The standard InChI is InChI=1S/C24H26N6S/c1-3-30(4-2)14-8-13-26-24-29-22-21(27-18-10-7-9-17(15-18)16-25)19-11-5-6-12-20(19)28-23(22)31-24/h5-7,9-12,15H,3-4,8,13-14H2,1-2H3,(H,26,29)(H,27,28). The van der Waals surface area contributed by atoms with Crippen molar-refractivity contribution in [2.75, 3.05) is 36.8 Å². The van der Waals surface area contributed by atoms with Crippen molar-refractivity contribution in [3.63, 3.8) is 0 Å². The van der Waals surface area contributed by atoms with Crippen LogP contribution in [0.1, 0.15) is 25.8 Å². The SMILES string of the molecule is CCN(CC)CCCNc1nc2c(Nc3cccc(C#N)c3)c3ccccc3nc2s1. The average molecular weight is 431 g/mol. The number of nitriles is 1. The molecule has 0 spiro atoms. The Morgan fingerprint density at radius 2 is 1.90 bits per heavy atom. The van der Waals surface area contributed by atoms with Crippen molar-refractivity contribution in [1.82, 2.24) is 14.9 Å². The molecule has 7 heteroatoms. The molecule has 4 rings (SSSR count). The van der Waals surface area contributed by atoms with Gasteiger partial charge in [0.15, 0.2) is 5.13 Å². The third kappa shape index (κ3) is 4.76. The number of benzene rings is 2. The van der Waals surface area contributed by atoms with Crippen molar-refractivity contribution in [3.05, 3.63) is 54.1 Å². The van der Waals surface area contributed by atoms with Crippen LogP contribution in [0.2, 0.25) is 0 Å². The van der Waals surface area contributed by atoms with Crippen LogP contribution in [0.15, 0.2) is 48.5 Å². The molecular weight excluding hydrogens is 404 g/mol. The van der Waals surface area contributed by atoms with Crippen LogP contribution in [0, 0.1) is 11.3 Å². The summed E-state index contributed by atoms with van der Waals surface area (Å²) >= 11 is 1.58. The highest BCUT2D eigenvalue weighted by Gasteiger charge is 2.14. The molecule has 0 saturated carbocycles. The second-order valence-electron chi connectivity index (χ2n) is 7.30. The van der Waals surface area contributed by atoms with Crippen molar-refractivity contribution < 1.29 is 0 Å². The zero-order valence-corrected chi connectivity index (χ0v) is 18.7. The Bertz CT molecular complexity index is 1220. The number of pyridine rings is 1. The normalized spacial score (nSPS) is 11.2. The fraction of sp³-hybridized carbons (Fsp3) is 0.292. The van der Waals surface area contributed by atoms with Gasteiger partial charge in [-0.05, 0) is 50.3 Å². The summed E-state index contributed by atoms with van der Waals surface area (Å²) in [7, 11) is 0. The van der Waals surface area contributed by atoms with E-state index < -0.39 is 0 Å². The van der Waals surface area contributed by atoms with Gasteiger partial charge in [-0.25, -0.2) is 9.97 Å². The summed E-state index contributed by atoms with van der Waals surface area (Å²) in [6.45, 7) is 8.51. The molecule has 0 aliphatic heterocycles. The van der Waals surface area contributed by atoms with E-state index in [9.17, 15) is 5.26 Å². The second-order valence-corrected chi connectivity index (χ2v) is 8.28. The van der Waals surface area contributed by atoms with E-state index in [-0.39, 0.29) is 0 Å². The number of hydrogen-bond acceptors (Lipinski definition) is 7. The summed E-state index contributed by atoms with van der Waals surface area (Å²) in [5.74, 6) is 0. The summed E-state index contributed by atoms with van der Waals surface area (Å²) in [6.07, 6.45) is 1.07. The first-order valence-electron chi connectivity index (χ1n) is 10.6. The van der Waals surface area contributed by atoms with Crippen LogP contribution < -0.4 is 10.6 Å². The van der Waals surface area contributed by atoms with E-state index in [4.69, 9.17) is 9.97 Å². The predicted molar refractivity (Wildman–Crippen MR) is 130 cm³/mol. The molecule has 2 aromatic carbocycles. The van der Waals surface area contributed by atoms with Crippen LogP contribution in [-0.4, -0.2) is 41.0 Å². The summed E-state index contributed by atoms with van der Waals surface area (Å²) in [6, 6.07) is 17.8. The van der Waals surface area contributed by atoms with E-state index in [1.54, 1.807) is 17.4 Å². The van der Waals surface area contributed by atoms with Gasteiger partial charge < -0.3 is 15.5 Å². The van der Waals surface area contributed by atoms with Gasteiger partial charge in [-0.3, -0.25) is 0 Å². The zero-order chi connectivity index (χ0) is 21.6. The minimum absolute atomic E-state index is 0.619. The molecule has 2 heterocycles. The summed E-state index contributed by atoms with van der Waals surface area (Å²) in [5.41, 5.74) is 4.16. The Balaban J connectivity index is 1.64. The molecule has 0 fully saturated rings. The molecule has 4 aromatic rings. The Morgan fingerprint density at radius 1 is 1.06 bits per heavy atom. The molecule has 6 nitrogen and oxygen atoms in total. The maximum absolute atomic E-state index is 9.23. The third-order valence-corrected chi connectivity index (χ3v) is 6.23. The molecule has 158 valence electrons. The average Bonchev–Trinajstić information content (AvgIpc) is 3.22. The van der Waals surface area contributed by atoms with Crippen LogP contribution in [-0.2, 0) is 0 Å². The second kappa shape index (κ2) is 9.73. The Kier molecular flexibility index (Phi) is 6.60. The molecule has 0 amide bonds. The molecule has 0 saturated heterocycles. The molecule has 31 heavy (non-hydrogen) atoms. The van der Waals surface area contributed by atoms with Gasteiger partial charge in [-0.15, -0.1) is 0 Å². The lowest BCUT2D eigenvalue weighted by molar-refractivity contribution is 0.303. The molecule has 0 radical (unpaired) electrons. The van der Waals surface area contributed by atoms with Crippen molar-refractivity contribution >= 4 is 49.1 Å².